The molecule has 1 nitrogen and oxygen atoms in total. The molecule has 1 saturated carbocycles. The highest BCUT2D eigenvalue weighted by Gasteiger charge is 2.30. The molecule has 0 aromatic carbocycles. The maximum atomic E-state index is 3.70. The molecule has 1 heteroatoms. The summed E-state index contributed by atoms with van der Waals surface area (Å²) in [4.78, 5) is 0. The lowest BCUT2D eigenvalue weighted by molar-refractivity contribution is 0.318. The molecule has 0 heterocycles. The zero-order valence-corrected chi connectivity index (χ0v) is 9.15. The van der Waals surface area contributed by atoms with Crippen LogP contribution < -0.4 is 5.32 Å². The lowest BCUT2D eigenvalue weighted by atomic mass is 10.0. The standard InChI is InChI=1S/C11H23N/c1-8-6-9(2)10(7-8)12-11(3,4)5/h8-10,12H,6-7H2,1-5H3. The van der Waals surface area contributed by atoms with Gasteiger partial charge < -0.3 is 5.32 Å². The summed E-state index contributed by atoms with van der Waals surface area (Å²) < 4.78 is 0. The highest BCUT2D eigenvalue weighted by Crippen LogP contribution is 2.31. The molecule has 1 rings (SSSR count). The van der Waals surface area contributed by atoms with Crippen molar-refractivity contribution in [2.75, 3.05) is 0 Å². The van der Waals surface area contributed by atoms with Crippen LogP contribution in [0.3, 0.4) is 0 Å². The second-order valence-electron chi connectivity index (χ2n) is 5.55. The van der Waals surface area contributed by atoms with Gasteiger partial charge in [-0.3, -0.25) is 0 Å². The van der Waals surface area contributed by atoms with E-state index in [2.05, 4.69) is 39.9 Å². The van der Waals surface area contributed by atoms with Crippen molar-refractivity contribution in [2.24, 2.45) is 11.8 Å². The second kappa shape index (κ2) is 3.37. The van der Waals surface area contributed by atoms with Crippen LogP contribution in [0.1, 0.15) is 47.5 Å². The van der Waals surface area contributed by atoms with E-state index in [9.17, 15) is 0 Å². The van der Waals surface area contributed by atoms with Crippen LogP contribution in [0.4, 0.5) is 0 Å². The van der Waals surface area contributed by atoms with E-state index in [0.717, 1.165) is 17.9 Å². The van der Waals surface area contributed by atoms with Gasteiger partial charge in [-0.05, 0) is 45.4 Å². The molecule has 3 atom stereocenters. The van der Waals surface area contributed by atoms with E-state index in [1.54, 1.807) is 0 Å². The second-order valence-corrected chi connectivity index (χ2v) is 5.55. The van der Waals surface area contributed by atoms with Crippen molar-refractivity contribution in [3.05, 3.63) is 0 Å². The largest absolute Gasteiger partial charge is 0.309 e. The predicted octanol–water partition coefficient (Wildman–Crippen LogP) is 2.81. The van der Waals surface area contributed by atoms with Gasteiger partial charge in [0.15, 0.2) is 0 Å². The van der Waals surface area contributed by atoms with Gasteiger partial charge in [0, 0.05) is 11.6 Å². The summed E-state index contributed by atoms with van der Waals surface area (Å²) in [7, 11) is 0. The van der Waals surface area contributed by atoms with Crippen molar-refractivity contribution in [3.63, 3.8) is 0 Å². The zero-order valence-electron chi connectivity index (χ0n) is 9.15. The van der Waals surface area contributed by atoms with Crippen LogP contribution in [-0.2, 0) is 0 Å². The molecule has 0 amide bonds. The third kappa shape index (κ3) is 2.78. The summed E-state index contributed by atoms with van der Waals surface area (Å²) in [6.45, 7) is 11.5. The third-order valence-electron chi connectivity index (χ3n) is 2.74. The van der Waals surface area contributed by atoms with Crippen LogP contribution in [0.2, 0.25) is 0 Å². The zero-order chi connectivity index (χ0) is 9.35. The molecule has 1 aliphatic rings. The van der Waals surface area contributed by atoms with Crippen LogP contribution in [0.25, 0.3) is 0 Å². The van der Waals surface area contributed by atoms with Gasteiger partial charge in [-0.2, -0.15) is 0 Å². The van der Waals surface area contributed by atoms with E-state index in [1.165, 1.54) is 12.8 Å². The summed E-state index contributed by atoms with van der Waals surface area (Å²) in [6.07, 6.45) is 2.76. The minimum atomic E-state index is 0.281. The molecule has 72 valence electrons. The monoisotopic (exact) mass is 169 g/mol. The van der Waals surface area contributed by atoms with E-state index in [0.29, 0.717) is 0 Å². The molecule has 12 heavy (non-hydrogen) atoms. The number of rotatable bonds is 1. The molecule has 0 bridgehead atoms. The first-order valence-corrected chi connectivity index (χ1v) is 5.16. The smallest absolute Gasteiger partial charge is 0.0100 e. The Labute approximate surface area is 76.9 Å². The maximum absolute atomic E-state index is 3.70. The number of hydrogen-bond acceptors (Lipinski definition) is 1. The van der Waals surface area contributed by atoms with E-state index in [-0.39, 0.29) is 5.54 Å². The molecule has 0 spiro atoms. The Bertz CT molecular complexity index is 146. The van der Waals surface area contributed by atoms with Crippen molar-refractivity contribution in [3.8, 4) is 0 Å². The summed E-state index contributed by atoms with van der Waals surface area (Å²) in [5.41, 5.74) is 0.281. The molecule has 1 fully saturated rings. The highest BCUT2D eigenvalue weighted by atomic mass is 15.0. The summed E-state index contributed by atoms with van der Waals surface area (Å²) in [6, 6.07) is 0.750. The third-order valence-corrected chi connectivity index (χ3v) is 2.74. The molecule has 1 N–H and O–H groups in total. The molecular formula is C11H23N. The van der Waals surface area contributed by atoms with Crippen LogP contribution in [0, 0.1) is 11.8 Å². The van der Waals surface area contributed by atoms with E-state index >= 15 is 0 Å². The molecule has 0 aliphatic heterocycles. The number of nitrogens with one attached hydrogen (secondary N) is 1. The molecular weight excluding hydrogens is 146 g/mol. The van der Waals surface area contributed by atoms with Crippen molar-refractivity contribution in [1.82, 2.24) is 5.32 Å². The Balaban J connectivity index is 2.43. The average Bonchev–Trinajstić information content (AvgIpc) is 2.06. The first-order valence-electron chi connectivity index (χ1n) is 5.16. The Hall–Kier alpha value is -0.0400. The van der Waals surface area contributed by atoms with Gasteiger partial charge in [-0.15, -0.1) is 0 Å². The molecule has 3 unspecified atom stereocenters. The molecule has 0 saturated heterocycles. The van der Waals surface area contributed by atoms with Gasteiger partial charge in [-0.1, -0.05) is 13.8 Å². The Kier molecular flexibility index (Phi) is 2.82. The fraction of sp³-hybridized carbons (Fsp3) is 1.00. The summed E-state index contributed by atoms with van der Waals surface area (Å²) in [5, 5.41) is 3.70. The van der Waals surface area contributed by atoms with Gasteiger partial charge in [0.25, 0.3) is 0 Å². The minimum Gasteiger partial charge on any atom is -0.309 e. The fourth-order valence-corrected chi connectivity index (χ4v) is 2.32. The molecule has 0 radical (unpaired) electrons. The normalized spacial score (nSPS) is 37.2. The van der Waals surface area contributed by atoms with E-state index in [1.807, 2.05) is 0 Å². The minimum absolute atomic E-state index is 0.281. The molecule has 1 aliphatic carbocycles. The topological polar surface area (TPSA) is 12.0 Å². The quantitative estimate of drug-likeness (QED) is 0.636. The number of hydrogen-bond donors (Lipinski definition) is 1. The van der Waals surface area contributed by atoms with Crippen LogP contribution in [0.5, 0.6) is 0 Å². The van der Waals surface area contributed by atoms with Gasteiger partial charge in [0.05, 0.1) is 0 Å². The first kappa shape index (κ1) is 10.0. The molecule has 0 aromatic heterocycles. The summed E-state index contributed by atoms with van der Waals surface area (Å²) >= 11 is 0. The first-order chi connectivity index (χ1) is 5.38. The van der Waals surface area contributed by atoms with Crippen molar-refractivity contribution < 1.29 is 0 Å². The van der Waals surface area contributed by atoms with Crippen molar-refractivity contribution in [1.29, 1.82) is 0 Å². The van der Waals surface area contributed by atoms with Crippen molar-refractivity contribution in [2.45, 2.75) is 59.0 Å². The van der Waals surface area contributed by atoms with E-state index in [4.69, 9.17) is 0 Å². The predicted molar refractivity (Wildman–Crippen MR) is 54.2 cm³/mol. The lowest BCUT2D eigenvalue weighted by Gasteiger charge is -2.28. The lowest BCUT2D eigenvalue weighted by Crippen LogP contribution is -2.44. The average molecular weight is 169 g/mol. The van der Waals surface area contributed by atoms with Crippen LogP contribution >= 0.6 is 0 Å². The van der Waals surface area contributed by atoms with E-state index < -0.39 is 0 Å². The molecule has 0 aromatic rings. The van der Waals surface area contributed by atoms with Gasteiger partial charge >= 0.3 is 0 Å². The highest BCUT2D eigenvalue weighted by molar-refractivity contribution is 4.88. The summed E-state index contributed by atoms with van der Waals surface area (Å²) in [5.74, 6) is 1.78. The Morgan fingerprint density at radius 1 is 1.08 bits per heavy atom. The Morgan fingerprint density at radius 2 is 1.67 bits per heavy atom. The fourth-order valence-electron chi connectivity index (χ4n) is 2.32. The van der Waals surface area contributed by atoms with Gasteiger partial charge in [-0.25, -0.2) is 0 Å². The Morgan fingerprint density at radius 3 is 2.00 bits per heavy atom. The van der Waals surface area contributed by atoms with Gasteiger partial charge in [0.2, 0.25) is 0 Å². The van der Waals surface area contributed by atoms with Crippen LogP contribution in [0.15, 0.2) is 0 Å². The van der Waals surface area contributed by atoms with Gasteiger partial charge in [0.1, 0.15) is 0 Å². The maximum Gasteiger partial charge on any atom is 0.0100 e. The van der Waals surface area contributed by atoms with Crippen molar-refractivity contribution >= 4 is 0 Å². The van der Waals surface area contributed by atoms with Crippen LogP contribution in [-0.4, -0.2) is 11.6 Å². The SMILES string of the molecule is CC1CC(C)C(NC(C)(C)C)C1.